The van der Waals surface area contributed by atoms with Gasteiger partial charge in [0.2, 0.25) is 0 Å². The van der Waals surface area contributed by atoms with Gasteiger partial charge in [-0.2, -0.15) is 0 Å². The maximum Gasteiger partial charge on any atom is 0.118 e. The van der Waals surface area contributed by atoms with Crippen LogP contribution in [-0.4, -0.2) is 6.54 Å². The monoisotopic (exact) mass is 272 g/mol. The summed E-state index contributed by atoms with van der Waals surface area (Å²) in [5, 5.41) is 0. The summed E-state index contributed by atoms with van der Waals surface area (Å²) in [6, 6.07) is 12.6. The van der Waals surface area contributed by atoms with Crippen molar-refractivity contribution in [2.24, 2.45) is 5.73 Å². The molecule has 1 aromatic heterocycles. The molecule has 0 spiro atoms. The minimum atomic E-state index is 0.459. The van der Waals surface area contributed by atoms with E-state index in [4.69, 9.17) is 10.2 Å². The molecule has 1 heterocycles. The van der Waals surface area contributed by atoms with Gasteiger partial charge in [-0.25, -0.2) is 0 Å². The zero-order chi connectivity index (χ0) is 14.4. The largest absolute Gasteiger partial charge is 0.465 e. The number of aryl methyl sites for hydroxylation is 1. The Hall–Kier alpha value is -1.74. The molecule has 0 aliphatic rings. The number of rotatable bonds is 7. The summed E-state index contributed by atoms with van der Waals surface area (Å²) in [7, 11) is 0. The van der Waals surface area contributed by atoms with E-state index in [1.807, 2.05) is 6.92 Å². The Bertz CT molecular complexity index is 519. The van der Waals surface area contributed by atoms with Crippen molar-refractivity contribution in [3.8, 4) is 0 Å². The standard InChI is InChI=1S/C17H24N2O/c1-3-4-10-19(16-8-6-5-7-9-16)13-15-11-17(12-18)20-14(15)2/h5-9,11H,3-4,10,12-13,18H2,1-2H3. The zero-order valence-electron chi connectivity index (χ0n) is 12.4. The van der Waals surface area contributed by atoms with Gasteiger partial charge in [-0.1, -0.05) is 31.5 Å². The fourth-order valence-corrected chi connectivity index (χ4v) is 2.34. The third-order valence-corrected chi connectivity index (χ3v) is 3.54. The van der Waals surface area contributed by atoms with Crippen molar-refractivity contribution in [1.82, 2.24) is 0 Å². The fraction of sp³-hybridized carbons (Fsp3) is 0.412. The molecule has 0 fully saturated rings. The average Bonchev–Trinajstić information content (AvgIpc) is 2.84. The average molecular weight is 272 g/mol. The molecule has 2 aromatic rings. The zero-order valence-corrected chi connectivity index (χ0v) is 12.4. The van der Waals surface area contributed by atoms with Crippen molar-refractivity contribution in [3.05, 3.63) is 53.5 Å². The lowest BCUT2D eigenvalue weighted by molar-refractivity contribution is 0.482. The van der Waals surface area contributed by atoms with Crippen LogP contribution in [0.5, 0.6) is 0 Å². The van der Waals surface area contributed by atoms with Gasteiger partial charge in [0.05, 0.1) is 6.54 Å². The first-order valence-corrected chi connectivity index (χ1v) is 7.32. The van der Waals surface area contributed by atoms with Crippen LogP contribution in [0.1, 0.15) is 36.8 Å². The predicted octanol–water partition coefficient (Wildman–Crippen LogP) is 3.85. The van der Waals surface area contributed by atoms with E-state index in [1.165, 1.54) is 24.1 Å². The summed E-state index contributed by atoms with van der Waals surface area (Å²) >= 11 is 0. The molecule has 20 heavy (non-hydrogen) atoms. The Morgan fingerprint density at radius 1 is 1.20 bits per heavy atom. The smallest absolute Gasteiger partial charge is 0.118 e. The van der Waals surface area contributed by atoms with Gasteiger partial charge >= 0.3 is 0 Å². The van der Waals surface area contributed by atoms with Crippen LogP contribution >= 0.6 is 0 Å². The second-order valence-electron chi connectivity index (χ2n) is 5.11. The number of nitrogens with zero attached hydrogens (tertiary/aromatic N) is 1. The van der Waals surface area contributed by atoms with E-state index in [0.717, 1.165) is 24.6 Å². The number of nitrogens with two attached hydrogens (primary N) is 1. The second-order valence-corrected chi connectivity index (χ2v) is 5.11. The van der Waals surface area contributed by atoms with E-state index in [1.54, 1.807) is 0 Å². The van der Waals surface area contributed by atoms with Crippen LogP contribution in [0, 0.1) is 6.92 Å². The van der Waals surface area contributed by atoms with E-state index in [9.17, 15) is 0 Å². The van der Waals surface area contributed by atoms with Gasteiger partial charge in [0.15, 0.2) is 0 Å². The number of hydrogen-bond donors (Lipinski definition) is 1. The van der Waals surface area contributed by atoms with E-state index in [-0.39, 0.29) is 0 Å². The molecule has 0 aliphatic heterocycles. The molecule has 0 saturated heterocycles. The van der Waals surface area contributed by atoms with Gasteiger partial charge < -0.3 is 15.1 Å². The molecule has 0 radical (unpaired) electrons. The van der Waals surface area contributed by atoms with E-state index < -0.39 is 0 Å². The van der Waals surface area contributed by atoms with Gasteiger partial charge in [-0.3, -0.25) is 0 Å². The van der Waals surface area contributed by atoms with Crippen molar-refractivity contribution >= 4 is 5.69 Å². The molecule has 0 amide bonds. The van der Waals surface area contributed by atoms with Gasteiger partial charge in [0.25, 0.3) is 0 Å². The third kappa shape index (κ3) is 3.64. The number of furan rings is 1. The predicted molar refractivity (Wildman–Crippen MR) is 83.7 cm³/mol. The van der Waals surface area contributed by atoms with Crippen molar-refractivity contribution in [2.45, 2.75) is 39.8 Å². The maximum atomic E-state index is 5.65. The van der Waals surface area contributed by atoms with Crippen molar-refractivity contribution in [1.29, 1.82) is 0 Å². The summed E-state index contributed by atoms with van der Waals surface area (Å²) in [6.45, 7) is 6.62. The van der Waals surface area contributed by atoms with Crippen molar-refractivity contribution < 1.29 is 4.42 Å². The summed E-state index contributed by atoms with van der Waals surface area (Å²) in [5.41, 5.74) is 8.13. The summed E-state index contributed by atoms with van der Waals surface area (Å²) in [6.07, 6.45) is 2.39. The molecule has 108 valence electrons. The summed E-state index contributed by atoms with van der Waals surface area (Å²) < 4.78 is 5.65. The lowest BCUT2D eigenvalue weighted by Gasteiger charge is -2.24. The van der Waals surface area contributed by atoms with Crippen LogP contribution in [0.4, 0.5) is 5.69 Å². The van der Waals surface area contributed by atoms with E-state index in [2.05, 4.69) is 48.2 Å². The number of anilines is 1. The third-order valence-electron chi connectivity index (χ3n) is 3.54. The molecule has 3 nitrogen and oxygen atoms in total. The molecule has 0 aliphatic carbocycles. The van der Waals surface area contributed by atoms with Crippen LogP contribution in [0.2, 0.25) is 0 Å². The highest BCUT2D eigenvalue weighted by Crippen LogP contribution is 2.21. The van der Waals surface area contributed by atoms with Crippen molar-refractivity contribution in [2.75, 3.05) is 11.4 Å². The molecule has 2 N–H and O–H groups in total. The lowest BCUT2D eigenvalue weighted by Crippen LogP contribution is -2.23. The quantitative estimate of drug-likeness (QED) is 0.832. The number of hydrogen-bond acceptors (Lipinski definition) is 3. The van der Waals surface area contributed by atoms with Crippen LogP contribution in [0.3, 0.4) is 0 Å². The summed E-state index contributed by atoms with van der Waals surface area (Å²) in [4.78, 5) is 2.40. The number of unbranched alkanes of at least 4 members (excludes halogenated alkanes) is 1. The molecular weight excluding hydrogens is 248 g/mol. The second kappa shape index (κ2) is 7.15. The molecular formula is C17H24N2O. The number of benzene rings is 1. The Balaban J connectivity index is 2.16. The minimum Gasteiger partial charge on any atom is -0.465 e. The van der Waals surface area contributed by atoms with E-state index >= 15 is 0 Å². The van der Waals surface area contributed by atoms with Crippen LogP contribution in [0.15, 0.2) is 40.8 Å². The Morgan fingerprint density at radius 3 is 2.55 bits per heavy atom. The fourth-order valence-electron chi connectivity index (χ4n) is 2.34. The molecule has 3 heteroatoms. The first-order chi connectivity index (χ1) is 9.74. The van der Waals surface area contributed by atoms with Gasteiger partial charge in [-0.15, -0.1) is 0 Å². The summed E-state index contributed by atoms with van der Waals surface area (Å²) in [5.74, 6) is 1.84. The molecule has 0 saturated carbocycles. The van der Waals surface area contributed by atoms with E-state index in [0.29, 0.717) is 6.54 Å². The van der Waals surface area contributed by atoms with Crippen molar-refractivity contribution in [3.63, 3.8) is 0 Å². The van der Waals surface area contributed by atoms with Gasteiger partial charge in [0.1, 0.15) is 11.5 Å². The normalized spacial score (nSPS) is 10.8. The Kier molecular flexibility index (Phi) is 5.24. The molecule has 0 unspecified atom stereocenters. The maximum absolute atomic E-state index is 5.65. The highest BCUT2D eigenvalue weighted by molar-refractivity contribution is 5.47. The first kappa shape index (κ1) is 14.7. The first-order valence-electron chi connectivity index (χ1n) is 7.32. The minimum absolute atomic E-state index is 0.459. The Morgan fingerprint density at radius 2 is 1.95 bits per heavy atom. The topological polar surface area (TPSA) is 42.4 Å². The van der Waals surface area contributed by atoms with Crippen LogP contribution < -0.4 is 10.6 Å². The SMILES string of the molecule is CCCCN(Cc1cc(CN)oc1C)c1ccccc1. The number of para-hydroxylation sites is 1. The molecule has 0 atom stereocenters. The van der Waals surface area contributed by atoms with Gasteiger partial charge in [0, 0.05) is 24.3 Å². The van der Waals surface area contributed by atoms with Crippen LogP contribution in [-0.2, 0) is 13.1 Å². The lowest BCUT2D eigenvalue weighted by atomic mass is 10.2. The van der Waals surface area contributed by atoms with Gasteiger partial charge in [-0.05, 0) is 31.5 Å². The van der Waals surface area contributed by atoms with Crippen LogP contribution in [0.25, 0.3) is 0 Å². The molecule has 2 rings (SSSR count). The highest BCUT2D eigenvalue weighted by Gasteiger charge is 2.12. The Labute approximate surface area is 121 Å². The molecule has 0 bridgehead atoms. The highest BCUT2D eigenvalue weighted by atomic mass is 16.3. The molecule has 1 aromatic carbocycles.